The first kappa shape index (κ1) is 13.5. The molecule has 0 atom stereocenters. The molecule has 21 heavy (non-hydrogen) atoms. The SMILES string of the molecule is Cc1nnc(-c2c[nH]c(=O)[nH]c2=O)cc1N1CCOCC1. The summed E-state index contributed by atoms with van der Waals surface area (Å²) in [6.07, 6.45) is 1.35. The molecule has 0 unspecified atom stereocenters. The van der Waals surface area contributed by atoms with Gasteiger partial charge in [0, 0.05) is 19.3 Å². The quantitative estimate of drug-likeness (QED) is 0.784. The highest BCUT2D eigenvalue weighted by atomic mass is 16.5. The van der Waals surface area contributed by atoms with Crippen LogP contribution in [-0.4, -0.2) is 46.5 Å². The predicted octanol–water partition coefficient (Wildman–Crippen LogP) is -0.335. The molecular formula is C13H15N5O3. The first-order chi connectivity index (χ1) is 10.1. The summed E-state index contributed by atoms with van der Waals surface area (Å²) < 4.78 is 5.34. The molecule has 2 aromatic heterocycles. The Labute approximate surface area is 119 Å². The number of hydrogen-bond acceptors (Lipinski definition) is 6. The summed E-state index contributed by atoms with van der Waals surface area (Å²) in [6.45, 7) is 4.74. The van der Waals surface area contributed by atoms with Crippen molar-refractivity contribution in [2.24, 2.45) is 0 Å². The Bertz CT molecular complexity index is 761. The molecule has 8 heteroatoms. The third kappa shape index (κ3) is 2.70. The van der Waals surface area contributed by atoms with Crippen LogP contribution in [0.4, 0.5) is 5.69 Å². The molecule has 0 aromatic carbocycles. The zero-order valence-electron chi connectivity index (χ0n) is 11.5. The molecule has 0 saturated carbocycles. The number of H-pyrrole nitrogens is 2. The number of ether oxygens (including phenoxy) is 1. The molecule has 2 aromatic rings. The minimum absolute atomic E-state index is 0.289. The lowest BCUT2D eigenvalue weighted by Crippen LogP contribution is -2.36. The Kier molecular flexibility index (Phi) is 3.53. The van der Waals surface area contributed by atoms with Crippen molar-refractivity contribution in [3.05, 3.63) is 38.8 Å². The van der Waals surface area contributed by atoms with Crippen molar-refractivity contribution in [2.45, 2.75) is 6.92 Å². The summed E-state index contributed by atoms with van der Waals surface area (Å²) in [5.41, 5.74) is 1.41. The lowest BCUT2D eigenvalue weighted by Gasteiger charge is -2.29. The number of rotatable bonds is 2. The largest absolute Gasteiger partial charge is 0.378 e. The van der Waals surface area contributed by atoms with E-state index >= 15 is 0 Å². The zero-order valence-corrected chi connectivity index (χ0v) is 11.5. The molecule has 3 rings (SSSR count). The first-order valence-corrected chi connectivity index (χ1v) is 6.64. The van der Waals surface area contributed by atoms with Crippen LogP contribution in [0.5, 0.6) is 0 Å². The van der Waals surface area contributed by atoms with Gasteiger partial charge in [0.1, 0.15) is 5.69 Å². The van der Waals surface area contributed by atoms with Gasteiger partial charge in [0.25, 0.3) is 5.56 Å². The van der Waals surface area contributed by atoms with E-state index < -0.39 is 11.2 Å². The number of aryl methyl sites for hydroxylation is 1. The maximum absolute atomic E-state index is 11.8. The van der Waals surface area contributed by atoms with Gasteiger partial charge in [-0.2, -0.15) is 5.10 Å². The smallest absolute Gasteiger partial charge is 0.325 e. The molecule has 0 amide bonds. The molecular weight excluding hydrogens is 274 g/mol. The lowest BCUT2D eigenvalue weighted by atomic mass is 10.2. The van der Waals surface area contributed by atoms with Crippen LogP contribution >= 0.6 is 0 Å². The van der Waals surface area contributed by atoms with Crippen LogP contribution in [0.1, 0.15) is 5.69 Å². The van der Waals surface area contributed by atoms with Crippen molar-refractivity contribution < 1.29 is 4.74 Å². The van der Waals surface area contributed by atoms with Crippen molar-refractivity contribution in [3.8, 4) is 11.3 Å². The van der Waals surface area contributed by atoms with E-state index in [4.69, 9.17) is 4.74 Å². The van der Waals surface area contributed by atoms with Crippen LogP contribution in [-0.2, 0) is 4.74 Å². The molecule has 1 aliphatic heterocycles. The topological polar surface area (TPSA) is 104 Å². The van der Waals surface area contributed by atoms with E-state index in [9.17, 15) is 9.59 Å². The second-order valence-corrected chi connectivity index (χ2v) is 4.79. The average Bonchev–Trinajstić information content (AvgIpc) is 2.49. The molecule has 0 bridgehead atoms. The molecule has 2 N–H and O–H groups in total. The third-order valence-corrected chi connectivity index (χ3v) is 3.40. The first-order valence-electron chi connectivity index (χ1n) is 6.64. The van der Waals surface area contributed by atoms with Gasteiger partial charge in [-0.25, -0.2) is 4.79 Å². The van der Waals surface area contributed by atoms with E-state index in [2.05, 4.69) is 25.1 Å². The third-order valence-electron chi connectivity index (χ3n) is 3.40. The van der Waals surface area contributed by atoms with Crippen molar-refractivity contribution >= 4 is 5.69 Å². The minimum Gasteiger partial charge on any atom is -0.378 e. The van der Waals surface area contributed by atoms with E-state index in [-0.39, 0.29) is 5.56 Å². The maximum Gasteiger partial charge on any atom is 0.325 e. The molecule has 0 radical (unpaired) electrons. The van der Waals surface area contributed by atoms with Gasteiger partial charge < -0.3 is 14.6 Å². The minimum atomic E-state index is -0.544. The summed E-state index contributed by atoms with van der Waals surface area (Å²) in [6, 6.07) is 1.82. The Morgan fingerprint density at radius 3 is 2.71 bits per heavy atom. The van der Waals surface area contributed by atoms with Gasteiger partial charge in [-0.15, -0.1) is 5.10 Å². The van der Waals surface area contributed by atoms with E-state index in [0.29, 0.717) is 18.9 Å². The van der Waals surface area contributed by atoms with Gasteiger partial charge >= 0.3 is 5.69 Å². The summed E-state index contributed by atoms with van der Waals surface area (Å²) in [4.78, 5) is 29.7. The summed E-state index contributed by atoms with van der Waals surface area (Å²) in [5, 5.41) is 8.16. The number of morpholine rings is 1. The van der Waals surface area contributed by atoms with E-state index in [1.807, 2.05) is 13.0 Å². The molecule has 1 fully saturated rings. The number of aromatic nitrogens is 4. The van der Waals surface area contributed by atoms with Crippen LogP contribution in [0.25, 0.3) is 11.3 Å². The molecule has 8 nitrogen and oxygen atoms in total. The molecule has 3 heterocycles. The predicted molar refractivity (Wildman–Crippen MR) is 76.5 cm³/mol. The van der Waals surface area contributed by atoms with E-state index in [1.165, 1.54) is 6.20 Å². The van der Waals surface area contributed by atoms with Crippen LogP contribution < -0.4 is 16.1 Å². The van der Waals surface area contributed by atoms with Crippen molar-refractivity contribution in [1.29, 1.82) is 0 Å². The zero-order chi connectivity index (χ0) is 14.8. The van der Waals surface area contributed by atoms with Gasteiger partial charge in [0.05, 0.1) is 30.2 Å². The Morgan fingerprint density at radius 2 is 2.00 bits per heavy atom. The van der Waals surface area contributed by atoms with Crippen LogP contribution in [0.2, 0.25) is 0 Å². The fourth-order valence-electron chi connectivity index (χ4n) is 2.30. The van der Waals surface area contributed by atoms with E-state index in [1.54, 1.807) is 0 Å². The van der Waals surface area contributed by atoms with Crippen molar-refractivity contribution in [3.63, 3.8) is 0 Å². The van der Waals surface area contributed by atoms with Crippen LogP contribution in [0, 0.1) is 6.92 Å². The standard InChI is InChI=1S/C13H15N5O3/c1-8-11(18-2-4-21-5-3-18)6-10(17-16-8)9-7-14-13(20)15-12(9)19/h6-7H,2-5H2,1H3,(H2,14,15,19,20). The van der Waals surface area contributed by atoms with Crippen molar-refractivity contribution in [2.75, 3.05) is 31.2 Å². The van der Waals surface area contributed by atoms with Crippen molar-refractivity contribution in [1.82, 2.24) is 20.2 Å². The second-order valence-electron chi connectivity index (χ2n) is 4.79. The highest BCUT2D eigenvalue weighted by molar-refractivity contribution is 5.64. The lowest BCUT2D eigenvalue weighted by molar-refractivity contribution is 0.122. The Morgan fingerprint density at radius 1 is 1.24 bits per heavy atom. The maximum atomic E-state index is 11.8. The Balaban J connectivity index is 2.04. The van der Waals surface area contributed by atoms with Gasteiger partial charge in [0.2, 0.25) is 0 Å². The highest BCUT2D eigenvalue weighted by Crippen LogP contribution is 2.23. The number of aromatic amines is 2. The molecule has 0 spiro atoms. The van der Waals surface area contributed by atoms with Crippen LogP contribution in [0.3, 0.4) is 0 Å². The summed E-state index contributed by atoms with van der Waals surface area (Å²) in [5.74, 6) is 0. The number of nitrogens with one attached hydrogen (secondary N) is 2. The van der Waals surface area contributed by atoms with Gasteiger partial charge in [0.15, 0.2) is 0 Å². The normalized spacial score (nSPS) is 15.2. The number of hydrogen-bond donors (Lipinski definition) is 2. The fourth-order valence-corrected chi connectivity index (χ4v) is 2.30. The number of nitrogens with zero attached hydrogens (tertiary/aromatic N) is 3. The second kappa shape index (κ2) is 5.49. The molecule has 1 aliphatic rings. The number of anilines is 1. The molecule has 0 aliphatic carbocycles. The monoisotopic (exact) mass is 289 g/mol. The van der Waals surface area contributed by atoms with Gasteiger partial charge in [-0.05, 0) is 13.0 Å². The van der Waals surface area contributed by atoms with Crippen LogP contribution in [0.15, 0.2) is 21.9 Å². The van der Waals surface area contributed by atoms with Gasteiger partial charge in [-0.1, -0.05) is 0 Å². The summed E-state index contributed by atoms with van der Waals surface area (Å²) >= 11 is 0. The summed E-state index contributed by atoms with van der Waals surface area (Å²) in [7, 11) is 0. The van der Waals surface area contributed by atoms with Gasteiger partial charge in [-0.3, -0.25) is 9.78 Å². The highest BCUT2D eigenvalue weighted by Gasteiger charge is 2.16. The molecule has 1 saturated heterocycles. The van der Waals surface area contributed by atoms with E-state index in [0.717, 1.165) is 24.5 Å². The average molecular weight is 289 g/mol. The Hall–Kier alpha value is -2.48. The fraction of sp³-hybridized carbons (Fsp3) is 0.385. The molecule has 110 valence electrons.